The summed E-state index contributed by atoms with van der Waals surface area (Å²) in [7, 11) is 1.73. The average molecular weight is 255 g/mol. The third kappa shape index (κ3) is 2.99. The molecule has 0 radical (unpaired) electrons. The van der Waals surface area contributed by atoms with E-state index in [-0.39, 0.29) is 12.1 Å². The van der Waals surface area contributed by atoms with Crippen molar-refractivity contribution in [2.24, 2.45) is 5.73 Å². The van der Waals surface area contributed by atoms with Crippen molar-refractivity contribution in [1.29, 1.82) is 0 Å². The van der Waals surface area contributed by atoms with E-state index >= 15 is 0 Å². The van der Waals surface area contributed by atoms with Crippen molar-refractivity contribution in [2.45, 2.75) is 18.5 Å². The molecule has 0 bridgehead atoms. The Morgan fingerprint density at radius 3 is 3.06 bits per heavy atom. The number of likely N-dealkylation sites (tertiary alicyclic amines) is 1. The molecule has 94 valence electrons. The molecule has 3 nitrogen and oxygen atoms in total. The Balaban J connectivity index is 2.15. The van der Waals surface area contributed by atoms with Crippen molar-refractivity contribution in [3.63, 3.8) is 0 Å². The summed E-state index contributed by atoms with van der Waals surface area (Å²) in [5.41, 5.74) is 7.40. The van der Waals surface area contributed by atoms with Crippen LogP contribution in [0.4, 0.5) is 0 Å². The SMILES string of the molecule is COCCN1CCC(N)C1c1cccc(Cl)c1. The zero-order chi connectivity index (χ0) is 12.3. The topological polar surface area (TPSA) is 38.5 Å². The summed E-state index contributed by atoms with van der Waals surface area (Å²) in [4.78, 5) is 2.37. The number of benzene rings is 1. The van der Waals surface area contributed by atoms with Gasteiger partial charge in [0.15, 0.2) is 0 Å². The summed E-state index contributed by atoms with van der Waals surface area (Å²) >= 11 is 6.04. The number of rotatable bonds is 4. The molecule has 1 aliphatic heterocycles. The monoisotopic (exact) mass is 254 g/mol. The molecular weight excluding hydrogens is 236 g/mol. The Bertz CT molecular complexity index is 372. The molecule has 1 aliphatic rings. The lowest BCUT2D eigenvalue weighted by atomic mass is 10.0. The fourth-order valence-corrected chi connectivity index (χ4v) is 2.69. The number of hydrogen-bond acceptors (Lipinski definition) is 3. The zero-order valence-electron chi connectivity index (χ0n) is 10.1. The standard InChI is InChI=1S/C13H19ClN2O/c1-17-8-7-16-6-5-12(15)13(16)10-3-2-4-11(14)9-10/h2-4,9,12-13H,5-8,15H2,1H3. The highest BCUT2D eigenvalue weighted by molar-refractivity contribution is 6.30. The van der Waals surface area contributed by atoms with Gasteiger partial charge < -0.3 is 10.5 Å². The van der Waals surface area contributed by atoms with Crippen molar-refractivity contribution in [1.82, 2.24) is 4.90 Å². The van der Waals surface area contributed by atoms with E-state index in [1.54, 1.807) is 7.11 Å². The Morgan fingerprint density at radius 2 is 2.35 bits per heavy atom. The van der Waals surface area contributed by atoms with Crippen molar-refractivity contribution in [2.75, 3.05) is 26.8 Å². The van der Waals surface area contributed by atoms with Crippen molar-refractivity contribution in [3.05, 3.63) is 34.9 Å². The third-order valence-corrected chi connectivity index (χ3v) is 3.56. The van der Waals surface area contributed by atoms with Gasteiger partial charge in [-0.05, 0) is 24.1 Å². The predicted octanol–water partition coefficient (Wildman–Crippen LogP) is 2.06. The maximum Gasteiger partial charge on any atom is 0.0589 e. The van der Waals surface area contributed by atoms with Crippen molar-refractivity contribution >= 4 is 11.6 Å². The van der Waals surface area contributed by atoms with E-state index in [4.69, 9.17) is 22.1 Å². The first-order valence-electron chi connectivity index (χ1n) is 5.96. The Morgan fingerprint density at radius 1 is 1.53 bits per heavy atom. The summed E-state index contributed by atoms with van der Waals surface area (Å²) in [5, 5.41) is 0.772. The molecule has 2 rings (SSSR count). The highest BCUT2D eigenvalue weighted by atomic mass is 35.5. The molecular formula is C13H19ClN2O. The second-order valence-electron chi connectivity index (χ2n) is 4.48. The molecule has 1 heterocycles. The van der Waals surface area contributed by atoms with Gasteiger partial charge in [-0.3, -0.25) is 4.90 Å². The van der Waals surface area contributed by atoms with Gasteiger partial charge in [-0.15, -0.1) is 0 Å². The van der Waals surface area contributed by atoms with Gasteiger partial charge in [0.05, 0.1) is 12.6 Å². The molecule has 0 saturated carbocycles. The predicted molar refractivity (Wildman–Crippen MR) is 70.2 cm³/mol. The molecule has 17 heavy (non-hydrogen) atoms. The highest BCUT2D eigenvalue weighted by Gasteiger charge is 2.32. The molecule has 2 unspecified atom stereocenters. The average Bonchev–Trinajstić information content (AvgIpc) is 2.68. The molecule has 1 aromatic carbocycles. The number of nitrogens with zero attached hydrogens (tertiary/aromatic N) is 1. The number of nitrogens with two attached hydrogens (primary N) is 1. The van der Waals surface area contributed by atoms with Gasteiger partial charge in [-0.25, -0.2) is 0 Å². The van der Waals surface area contributed by atoms with Gasteiger partial charge in [-0.1, -0.05) is 23.7 Å². The summed E-state index contributed by atoms with van der Waals surface area (Å²) in [6, 6.07) is 8.44. The lowest BCUT2D eigenvalue weighted by Crippen LogP contribution is -2.33. The molecule has 4 heteroatoms. The molecule has 0 amide bonds. The van der Waals surface area contributed by atoms with Crippen LogP contribution in [0, 0.1) is 0 Å². The maximum absolute atomic E-state index is 6.20. The Hall–Kier alpha value is -0.610. The summed E-state index contributed by atoms with van der Waals surface area (Å²) in [5.74, 6) is 0. The van der Waals surface area contributed by atoms with E-state index in [2.05, 4.69) is 11.0 Å². The second kappa shape index (κ2) is 5.83. The molecule has 2 atom stereocenters. The smallest absolute Gasteiger partial charge is 0.0589 e. The number of methoxy groups -OCH3 is 1. The van der Waals surface area contributed by atoms with Gasteiger partial charge in [0, 0.05) is 31.3 Å². The summed E-state index contributed by atoms with van der Waals surface area (Å²) < 4.78 is 5.14. The summed E-state index contributed by atoms with van der Waals surface area (Å²) in [6.45, 7) is 2.69. The van der Waals surface area contributed by atoms with Crippen LogP contribution >= 0.6 is 11.6 Å². The van der Waals surface area contributed by atoms with E-state index in [0.29, 0.717) is 0 Å². The van der Waals surface area contributed by atoms with Gasteiger partial charge in [0.2, 0.25) is 0 Å². The van der Waals surface area contributed by atoms with Crippen LogP contribution in [0.5, 0.6) is 0 Å². The van der Waals surface area contributed by atoms with Crippen LogP contribution in [0.3, 0.4) is 0 Å². The first kappa shape index (κ1) is 12.8. The molecule has 1 saturated heterocycles. The number of halogens is 1. The van der Waals surface area contributed by atoms with Crippen LogP contribution in [-0.2, 0) is 4.74 Å². The number of ether oxygens (including phenoxy) is 1. The highest BCUT2D eigenvalue weighted by Crippen LogP contribution is 2.31. The quantitative estimate of drug-likeness (QED) is 0.894. The lowest BCUT2D eigenvalue weighted by Gasteiger charge is -2.27. The Labute approximate surface area is 107 Å². The van der Waals surface area contributed by atoms with E-state index in [0.717, 1.165) is 31.1 Å². The second-order valence-corrected chi connectivity index (χ2v) is 4.92. The van der Waals surface area contributed by atoms with Gasteiger partial charge in [-0.2, -0.15) is 0 Å². The molecule has 1 aromatic rings. The zero-order valence-corrected chi connectivity index (χ0v) is 10.9. The van der Waals surface area contributed by atoms with Crippen LogP contribution in [0.25, 0.3) is 0 Å². The van der Waals surface area contributed by atoms with Crippen molar-refractivity contribution in [3.8, 4) is 0 Å². The minimum Gasteiger partial charge on any atom is -0.383 e. The third-order valence-electron chi connectivity index (χ3n) is 3.32. The molecule has 0 aliphatic carbocycles. The Kier molecular flexibility index (Phi) is 4.40. The largest absolute Gasteiger partial charge is 0.383 e. The maximum atomic E-state index is 6.20. The van der Waals surface area contributed by atoms with E-state index in [1.165, 1.54) is 5.56 Å². The fraction of sp³-hybridized carbons (Fsp3) is 0.538. The van der Waals surface area contributed by atoms with E-state index in [9.17, 15) is 0 Å². The summed E-state index contributed by atoms with van der Waals surface area (Å²) in [6.07, 6.45) is 1.03. The number of hydrogen-bond donors (Lipinski definition) is 1. The molecule has 2 N–H and O–H groups in total. The van der Waals surface area contributed by atoms with Crippen LogP contribution in [0.2, 0.25) is 5.02 Å². The van der Waals surface area contributed by atoms with E-state index in [1.807, 2.05) is 18.2 Å². The van der Waals surface area contributed by atoms with Crippen LogP contribution in [-0.4, -0.2) is 37.7 Å². The minimum absolute atomic E-state index is 0.185. The van der Waals surface area contributed by atoms with Crippen LogP contribution in [0.15, 0.2) is 24.3 Å². The lowest BCUT2D eigenvalue weighted by molar-refractivity contribution is 0.139. The van der Waals surface area contributed by atoms with Gasteiger partial charge in [0.1, 0.15) is 0 Å². The van der Waals surface area contributed by atoms with Gasteiger partial charge in [0.25, 0.3) is 0 Å². The molecule has 0 spiro atoms. The normalized spacial score (nSPS) is 25.4. The van der Waals surface area contributed by atoms with E-state index < -0.39 is 0 Å². The molecule has 1 fully saturated rings. The van der Waals surface area contributed by atoms with Gasteiger partial charge >= 0.3 is 0 Å². The van der Waals surface area contributed by atoms with Crippen molar-refractivity contribution < 1.29 is 4.74 Å². The first-order chi connectivity index (χ1) is 8.22. The minimum atomic E-state index is 0.185. The first-order valence-corrected chi connectivity index (χ1v) is 6.34. The van der Waals surface area contributed by atoms with Crippen LogP contribution in [0.1, 0.15) is 18.0 Å². The van der Waals surface area contributed by atoms with Crippen LogP contribution < -0.4 is 5.73 Å². The fourth-order valence-electron chi connectivity index (χ4n) is 2.49. The molecule has 0 aromatic heterocycles.